The number of hydrogen-bond donors (Lipinski definition) is 4. The molecule has 0 saturated heterocycles. The van der Waals surface area contributed by atoms with Gasteiger partial charge in [0.1, 0.15) is 29.6 Å². The minimum atomic E-state index is -0.337. The van der Waals surface area contributed by atoms with E-state index in [1.54, 1.807) is 84.9 Å². The molecule has 13 nitrogen and oxygen atoms in total. The first kappa shape index (κ1) is 36.8. The standard InChI is InChI=1S/C40H32N6O7S2/c1-51-34-18-16-28(20-33(34)42-36(48)23-55-39-43-31-10-6-5-9-29(31)37(49)45-39)52-21-24-11-17-30-32(19-24)44-40(46-38(30)50)54-22-35(47)41-25-12-14-27(15-13-25)53-26-7-3-2-4-8-26/h2-20H,21-23H2,1H3,(H,41,47)(H,42,48)(H,43,45,49)(H,44,46,50). The molecule has 0 fully saturated rings. The molecule has 0 atom stereocenters. The molecule has 5 aromatic carbocycles. The summed E-state index contributed by atoms with van der Waals surface area (Å²) in [7, 11) is 1.49. The molecule has 7 rings (SSSR count). The average Bonchev–Trinajstić information content (AvgIpc) is 3.19. The highest BCUT2D eigenvalue weighted by Crippen LogP contribution is 2.30. The summed E-state index contributed by atoms with van der Waals surface area (Å²) in [5, 5.41) is 7.17. The van der Waals surface area contributed by atoms with Crippen LogP contribution in [0.1, 0.15) is 5.56 Å². The summed E-state index contributed by atoms with van der Waals surface area (Å²) in [4.78, 5) is 65.3. The molecule has 4 N–H and O–H groups in total. The van der Waals surface area contributed by atoms with Crippen LogP contribution in [0.25, 0.3) is 21.8 Å². The van der Waals surface area contributed by atoms with Crippen molar-refractivity contribution < 1.29 is 23.8 Å². The number of carbonyl (C=O) groups excluding carboxylic acids is 2. The van der Waals surface area contributed by atoms with Crippen LogP contribution in [0, 0.1) is 0 Å². The van der Waals surface area contributed by atoms with Gasteiger partial charge in [-0.3, -0.25) is 19.2 Å². The van der Waals surface area contributed by atoms with E-state index < -0.39 is 0 Å². The number of amides is 2. The van der Waals surface area contributed by atoms with Crippen LogP contribution >= 0.6 is 23.5 Å². The molecule has 0 saturated carbocycles. The first-order valence-electron chi connectivity index (χ1n) is 16.8. The molecule has 55 heavy (non-hydrogen) atoms. The predicted molar refractivity (Wildman–Crippen MR) is 214 cm³/mol. The fourth-order valence-electron chi connectivity index (χ4n) is 5.38. The van der Waals surface area contributed by atoms with Crippen LogP contribution in [0.3, 0.4) is 0 Å². The molecule has 0 aliphatic carbocycles. The number of aromatic nitrogens is 4. The van der Waals surface area contributed by atoms with Crippen molar-refractivity contribution in [2.45, 2.75) is 16.9 Å². The van der Waals surface area contributed by atoms with Gasteiger partial charge in [0.25, 0.3) is 11.1 Å². The minimum absolute atomic E-state index is 0.0110. The average molecular weight is 773 g/mol. The Morgan fingerprint density at radius 3 is 2.00 bits per heavy atom. The molecule has 2 heterocycles. The Labute approximate surface area is 321 Å². The van der Waals surface area contributed by atoms with Crippen molar-refractivity contribution in [3.8, 4) is 23.0 Å². The number of benzene rings is 5. The second-order valence-electron chi connectivity index (χ2n) is 11.9. The quantitative estimate of drug-likeness (QED) is 0.0661. The van der Waals surface area contributed by atoms with Gasteiger partial charge in [-0.2, -0.15) is 0 Å². The number of H-pyrrole nitrogens is 2. The number of ether oxygens (including phenoxy) is 3. The molecule has 2 amide bonds. The third kappa shape index (κ3) is 9.51. The van der Waals surface area contributed by atoms with Crippen molar-refractivity contribution in [2.75, 3.05) is 29.2 Å². The summed E-state index contributed by atoms with van der Waals surface area (Å²) >= 11 is 2.21. The van der Waals surface area contributed by atoms with Gasteiger partial charge in [0, 0.05) is 11.8 Å². The second kappa shape index (κ2) is 17.0. The molecule has 2 aromatic heterocycles. The lowest BCUT2D eigenvalue weighted by molar-refractivity contribution is -0.114. The van der Waals surface area contributed by atoms with Crippen molar-refractivity contribution in [3.05, 3.63) is 142 Å². The topological polar surface area (TPSA) is 177 Å². The van der Waals surface area contributed by atoms with Crippen LogP contribution in [0.4, 0.5) is 11.4 Å². The summed E-state index contributed by atoms with van der Waals surface area (Å²) in [5.74, 6) is 1.66. The highest BCUT2D eigenvalue weighted by Gasteiger charge is 2.13. The lowest BCUT2D eigenvalue weighted by atomic mass is 10.1. The number of anilines is 2. The monoisotopic (exact) mass is 772 g/mol. The number of nitrogens with one attached hydrogen (secondary N) is 4. The van der Waals surface area contributed by atoms with Crippen LogP contribution < -0.4 is 36.0 Å². The molecule has 0 aliphatic rings. The molecule has 7 aromatic rings. The number of nitrogens with zero attached hydrogens (tertiary/aromatic N) is 2. The number of fused-ring (bicyclic) bond motifs is 2. The number of para-hydroxylation sites is 2. The number of hydrogen-bond acceptors (Lipinski definition) is 11. The highest BCUT2D eigenvalue weighted by molar-refractivity contribution is 8.00. The van der Waals surface area contributed by atoms with Crippen LogP contribution in [0.5, 0.6) is 23.0 Å². The van der Waals surface area contributed by atoms with Gasteiger partial charge in [-0.1, -0.05) is 59.9 Å². The van der Waals surface area contributed by atoms with Gasteiger partial charge in [0.15, 0.2) is 10.3 Å². The van der Waals surface area contributed by atoms with Crippen LogP contribution in [-0.2, 0) is 16.2 Å². The molecule has 0 radical (unpaired) electrons. The largest absolute Gasteiger partial charge is 0.495 e. The number of rotatable bonds is 14. The van der Waals surface area contributed by atoms with Crippen molar-refractivity contribution in [2.24, 2.45) is 0 Å². The van der Waals surface area contributed by atoms with E-state index in [0.29, 0.717) is 66.5 Å². The maximum absolute atomic E-state index is 12.9. The third-order valence-corrected chi connectivity index (χ3v) is 9.73. The zero-order chi connectivity index (χ0) is 38.1. The molecule has 0 aliphatic heterocycles. The summed E-state index contributed by atoms with van der Waals surface area (Å²) in [6, 6.07) is 33.6. The third-order valence-electron chi connectivity index (χ3n) is 7.99. The number of aromatic amines is 2. The summed E-state index contributed by atoms with van der Waals surface area (Å²) < 4.78 is 17.3. The molecule has 0 unspecified atom stereocenters. The van der Waals surface area contributed by atoms with Crippen molar-refractivity contribution in [1.29, 1.82) is 0 Å². The van der Waals surface area contributed by atoms with E-state index in [2.05, 4.69) is 30.6 Å². The van der Waals surface area contributed by atoms with Gasteiger partial charge >= 0.3 is 0 Å². The van der Waals surface area contributed by atoms with E-state index in [1.807, 2.05) is 30.3 Å². The Hall–Kier alpha value is -6.58. The molecule has 0 spiro atoms. The molecular weight excluding hydrogens is 741 g/mol. The van der Waals surface area contributed by atoms with Gasteiger partial charge in [-0.05, 0) is 78.4 Å². The molecule has 15 heteroatoms. The molecule has 0 bridgehead atoms. The zero-order valence-electron chi connectivity index (χ0n) is 29.2. The zero-order valence-corrected chi connectivity index (χ0v) is 30.8. The maximum atomic E-state index is 12.9. The predicted octanol–water partition coefficient (Wildman–Crippen LogP) is 7.00. The SMILES string of the molecule is COc1ccc(OCc2ccc3c(=O)[nH]c(SCC(=O)Nc4ccc(Oc5ccccc5)cc4)nc3c2)cc1NC(=O)CSc1nc2ccccc2c(=O)[nH]1. The van der Waals surface area contributed by atoms with Crippen LogP contribution in [-0.4, -0.2) is 50.4 Å². The normalized spacial score (nSPS) is 10.9. The van der Waals surface area contributed by atoms with E-state index in [1.165, 1.54) is 7.11 Å². The first-order valence-corrected chi connectivity index (χ1v) is 18.8. The van der Waals surface area contributed by atoms with Gasteiger partial charge in [0.05, 0.1) is 46.1 Å². The molecular formula is C40H32N6O7S2. The van der Waals surface area contributed by atoms with E-state index >= 15 is 0 Å². The lowest BCUT2D eigenvalue weighted by Crippen LogP contribution is -2.16. The maximum Gasteiger partial charge on any atom is 0.259 e. The van der Waals surface area contributed by atoms with E-state index in [0.717, 1.165) is 29.1 Å². The molecule has 276 valence electrons. The van der Waals surface area contributed by atoms with Crippen LogP contribution in [0.15, 0.2) is 135 Å². The Bertz CT molecular complexity index is 2620. The fraction of sp³-hybridized carbons (Fsp3) is 0.100. The van der Waals surface area contributed by atoms with Crippen molar-refractivity contribution >= 4 is 68.5 Å². The Morgan fingerprint density at radius 2 is 1.27 bits per heavy atom. The van der Waals surface area contributed by atoms with Gasteiger partial charge in [0.2, 0.25) is 11.8 Å². The van der Waals surface area contributed by atoms with Crippen molar-refractivity contribution in [3.63, 3.8) is 0 Å². The Morgan fingerprint density at radius 1 is 0.655 bits per heavy atom. The minimum Gasteiger partial charge on any atom is -0.495 e. The van der Waals surface area contributed by atoms with Gasteiger partial charge < -0.3 is 34.8 Å². The fourth-order valence-corrected chi connectivity index (χ4v) is 6.71. The number of thioether (sulfide) groups is 2. The van der Waals surface area contributed by atoms with E-state index in [-0.39, 0.29) is 41.0 Å². The number of carbonyl (C=O) groups is 2. The smallest absolute Gasteiger partial charge is 0.259 e. The van der Waals surface area contributed by atoms with E-state index in [9.17, 15) is 19.2 Å². The first-order chi connectivity index (χ1) is 26.8. The van der Waals surface area contributed by atoms with Gasteiger partial charge in [-0.15, -0.1) is 0 Å². The number of methoxy groups -OCH3 is 1. The second-order valence-corrected chi connectivity index (χ2v) is 13.8. The summed E-state index contributed by atoms with van der Waals surface area (Å²) in [6.07, 6.45) is 0. The summed E-state index contributed by atoms with van der Waals surface area (Å²) in [5.41, 5.74) is 2.14. The van der Waals surface area contributed by atoms with E-state index in [4.69, 9.17) is 14.2 Å². The lowest BCUT2D eigenvalue weighted by Gasteiger charge is -2.13. The van der Waals surface area contributed by atoms with Crippen molar-refractivity contribution in [1.82, 2.24) is 19.9 Å². The Kier molecular flexibility index (Phi) is 11.4. The Balaban J connectivity index is 0.940. The highest BCUT2D eigenvalue weighted by atomic mass is 32.2. The summed E-state index contributed by atoms with van der Waals surface area (Å²) in [6.45, 7) is 0.140. The van der Waals surface area contributed by atoms with Gasteiger partial charge in [-0.25, -0.2) is 9.97 Å². The van der Waals surface area contributed by atoms with Crippen LogP contribution in [0.2, 0.25) is 0 Å².